The molecule has 1 saturated heterocycles. The van der Waals surface area contributed by atoms with E-state index in [0.717, 1.165) is 17.4 Å². The Labute approximate surface area is 231 Å². The maximum absolute atomic E-state index is 13.3. The molecular weight excluding hydrogens is 549 g/mol. The van der Waals surface area contributed by atoms with Crippen molar-refractivity contribution in [3.8, 4) is 0 Å². The summed E-state index contributed by atoms with van der Waals surface area (Å²) in [5.74, 6) is -4.00. The number of likely N-dealkylation sites (tertiary alicyclic amines) is 1. The molecule has 0 unspecified atom stereocenters. The lowest BCUT2D eigenvalue weighted by Gasteiger charge is -2.32. The number of carbonyl (C=O) groups excluding carboxylic acids is 5. The molecule has 40 heavy (non-hydrogen) atoms. The summed E-state index contributed by atoms with van der Waals surface area (Å²) in [5.41, 5.74) is 6.17. The van der Waals surface area contributed by atoms with Crippen LogP contribution in [0.3, 0.4) is 0 Å². The Hall–Kier alpha value is -3.36. The normalized spacial score (nSPS) is 19.1. The zero-order chi connectivity index (χ0) is 30.2. The molecule has 5 amide bonds. The van der Waals surface area contributed by atoms with Gasteiger partial charge in [0.25, 0.3) is 0 Å². The summed E-state index contributed by atoms with van der Waals surface area (Å²) < 4.78 is 15.9. The number of phosphoric acid groups is 1. The average molecular weight is 586 g/mol. The van der Waals surface area contributed by atoms with E-state index in [2.05, 4.69) is 20.5 Å². The molecule has 1 heterocycles. The van der Waals surface area contributed by atoms with E-state index in [4.69, 9.17) is 15.5 Å². The first-order chi connectivity index (χ1) is 18.6. The molecule has 0 saturated carbocycles. The molecule has 0 aliphatic carbocycles. The van der Waals surface area contributed by atoms with Gasteiger partial charge in [-0.2, -0.15) is 0 Å². The minimum atomic E-state index is -5.01. The summed E-state index contributed by atoms with van der Waals surface area (Å²) in [6.45, 7) is 3.61. The topological polar surface area (TPSA) is 238 Å². The van der Waals surface area contributed by atoms with Gasteiger partial charge in [-0.05, 0) is 32.3 Å². The lowest BCUT2D eigenvalue weighted by Crippen LogP contribution is -2.61. The van der Waals surface area contributed by atoms with E-state index in [1.807, 2.05) is 0 Å². The van der Waals surface area contributed by atoms with Crippen molar-refractivity contribution in [2.75, 3.05) is 6.54 Å². The van der Waals surface area contributed by atoms with Gasteiger partial charge >= 0.3 is 7.82 Å². The first kappa shape index (κ1) is 32.8. The van der Waals surface area contributed by atoms with E-state index in [-0.39, 0.29) is 19.4 Å². The quantitative estimate of drug-likeness (QED) is 0.126. The van der Waals surface area contributed by atoms with Crippen LogP contribution in [0.25, 0.3) is 0 Å². The Morgan fingerprint density at radius 1 is 1.07 bits per heavy atom. The molecule has 0 bridgehead atoms. The Balaban J connectivity index is 2.17. The summed E-state index contributed by atoms with van der Waals surface area (Å²) in [6.07, 6.45) is -2.23. The molecular formula is C24H36N5O10P. The zero-order valence-electron chi connectivity index (χ0n) is 22.4. The monoisotopic (exact) mass is 585 g/mol. The predicted octanol–water partition coefficient (Wildman–Crippen LogP) is -1.94. The van der Waals surface area contributed by atoms with Crippen LogP contribution < -0.4 is 21.7 Å². The van der Waals surface area contributed by atoms with E-state index >= 15 is 0 Å². The molecule has 0 aromatic heterocycles. The molecule has 222 valence electrons. The van der Waals surface area contributed by atoms with Crippen LogP contribution in [0, 0.1) is 0 Å². The van der Waals surface area contributed by atoms with Crippen molar-refractivity contribution in [3.63, 3.8) is 0 Å². The highest BCUT2D eigenvalue weighted by atomic mass is 31.2. The molecule has 16 heteroatoms. The number of primary amides is 1. The fraction of sp³-hybridized carbons (Fsp3) is 0.542. The van der Waals surface area contributed by atoms with E-state index < -0.39 is 73.7 Å². The van der Waals surface area contributed by atoms with Crippen molar-refractivity contribution < 1.29 is 48.0 Å². The molecule has 1 fully saturated rings. The highest BCUT2D eigenvalue weighted by Gasteiger charge is 2.42. The third-order valence-corrected chi connectivity index (χ3v) is 6.85. The zero-order valence-corrected chi connectivity index (χ0v) is 23.2. The van der Waals surface area contributed by atoms with Gasteiger partial charge in [0.15, 0.2) is 0 Å². The molecule has 6 atom stereocenters. The van der Waals surface area contributed by atoms with Crippen LogP contribution in [0.4, 0.5) is 0 Å². The van der Waals surface area contributed by atoms with Crippen molar-refractivity contribution in [3.05, 3.63) is 35.9 Å². The van der Waals surface area contributed by atoms with Crippen molar-refractivity contribution in [2.45, 2.75) is 76.4 Å². The van der Waals surface area contributed by atoms with Crippen molar-refractivity contribution >= 4 is 37.4 Å². The van der Waals surface area contributed by atoms with Crippen LogP contribution in [-0.2, 0) is 39.5 Å². The Bertz CT molecular complexity index is 1130. The molecule has 1 aliphatic rings. The molecule has 15 nitrogen and oxygen atoms in total. The number of benzene rings is 1. The second-order valence-corrected chi connectivity index (χ2v) is 10.7. The molecule has 8 N–H and O–H groups in total. The minimum Gasteiger partial charge on any atom is -0.391 e. The number of carbonyl (C=O) groups is 5. The minimum absolute atomic E-state index is 0.0714. The first-order valence-corrected chi connectivity index (χ1v) is 14.1. The summed E-state index contributed by atoms with van der Waals surface area (Å²) in [6, 6.07) is 3.46. The second-order valence-electron chi connectivity index (χ2n) is 9.55. The van der Waals surface area contributed by atoms with Crippen LogP contribution in [0.2, 0.25) is 0 Å². The average Bonchev–Trinajstić information content (AvgIpc) is 3.34. The number of hydrogen-bond donors (Lipinski definition) is 7. The van der Waals surface area contributed by atoms with Crippen LogP contribution in [0.1, 0.15) is 39.2 Å². The lowest BCUT2D eigenvalue weighted by molar-refractivity contribution is -0.144. The summed E-state index contributed by atoms with van der Waals surface area (Å²) >= 11 is 0. The van der Waals surface area contributed by atoms with Gasteiger partial charge < -0.3 is 41.5 Å². The predicted molar refractivity (Wildman–Crippen MR) is 140 cm³/mol. The molecule has 2 rings (SSSR count). The molecule has 1 aromatic rings. The van der Waals surface area contributed by atoms with Crippen molar-refractivity contribution in [2.24, 2.45) is 5.73 Å². The van der Waals surface area contributed by atoms with Gasteiger partial charge in [-0.15, -0.1) is 0 Å². The highest BCUT2D eigenvalue weighted by Crippen LogP contribution is 2.38. The summed E-state index contributed by atoms with van der Waals surface area (Å²) in [5, 5.41) is 17.4. The van der Waals surface area contributed by atoms with Gasteiger partial charge in [-0.3, -0.25) is 28.5 Å². The Morgan fingerprint density at radius 2 is 1.70 bits per heavy atom. The number of rotatable bonds is 13. The van der Waals surface area contributed by atoms with Crippen LogP contribution in [0.15, 0.2) is 30.3 Å². The van der Waals surface area contributed by atoms with E-state index in [1.54, 1.807) is 30.3 Å². The summed E-state index contributed by atoms with van der Waals surface area (Å²) in [4.78, 5) is 82.5. The molecule has 0 radical (unpaired) electrons. The smallest absolute Gasteiger partial charge is 0.391 e. The maximum atomic E-state index is 13.3. The molecule has 0 spiro atoms. The maximum Gasteiger partial charge on any atom is 0.469 e. The Kier molecular flexibility index (Phi) is 11.8. The van der Waals surface area contributed by atoms with Gasteiger partial charge in [0.05, 0.1) is 12.2 Å². The van der Waals surface area contributed by atoms with Crippen molar-refractivity contribution in [1.82, 2.24) is 20.9 Å². The molecule has 1 aromatic carbocycles. The van der Waals surface area contributed by atoms with Crippen LogP contribution >= 0.6 is 7.82 Å². The van der Waals surface area contributed by atoms with Crippen molar-refractivity contribution in [1.29, 1.82) is 0 Å². The van der Waals surface area contributed by atoms with E-state index in [1.165, 1.54) is 13.8 Å². The van der Waals surface area contributed by atoms with Gasteiger partial charge in [0.1, 0.15) is 24.2 Å². The third kappa shape index (κ3) is 9.68. The number of aliphatic hydroxyl groups is 1. The standard InChI is InChI=1S/C24H36N5O10P/c1-13(30)19(23(34)27-17(21(25)32)12-16-8-5-4-6-9-16)28-22(33)18-10-7-11-29(18)24(35)20(26-15(3)31)14(2)39-40(36,37)38/h4-6,8-9,13-14,17-20,30H,7,10-12H2,1-3H3,(H2,25,32)(H,26,31)(H,27,34)(H,28,33)(H2,36,37,38)/t13-,14-,17+,18+,19+,20+/m1/s1. The number of hydrogen-bond acceptors (Lipinski definition) is 8. The van der Waals surface area contributed by atoms with Gasteiger partial charge in [-0.25, -0.2) is 4.57 Å². The van der Waals surface area contributed by atoms with Crippen LogP contribution in [-0.4, -0.2) is 92.2 Å². The van der Waals surface area contributed by atoms with E-state index in [0.29, 0.717) is 6.42 Å². The summed E-state index contributed by atoms with van der Waals surface area (Å²) in [7, 11) is -5.01. The number of nitrogens with one attached hydrogen (secondary N) is 3. The van der Waals surface area contributed by atoms with Gasteiger partial charge in [-0.1, -0.05) is 30.3 Å². The van der Waals surface area contributed by atoms with Gasteiger partial charge in [0, 0.05) is 19.9 Å². The fourth-order valence-electron chi connectivity index (χ4n) is 4.35. The van der Waals surface area contributed by atoms with Gasteiger partial charge in [0.2, 0.25) is 29.5 Å². The van der Waals surface area contributed by atoms with Crippen LogP contribution in [0.5, 0.6) is 0 Å². The number of amides is 5. The first-order valence-electron chi connectivity index (χ1n) is 12.5. The van der Waals surface area contributed by atoms with E-state index in [9.17, 15) is 33.6 Å². The number of phosphoric ester groups is 1. The highest BCUT2D eigenvalue weighted by molar-refractivity contribution is 7.46. The Morgan fingerprint density at radius 3 is 2.23 bits per heavy atom. The number of aliphatic hydroxyl groups excluding tert-OH is 1. The number of nitrogens with zero attached hydrogens (tertiary/aromatic N) is 1. The fourth-order valence-corrected chi connectivity index (χ4v) is 4.90. The third-order valence-electron chi connectivity index (χ3n) is 6.24. The largest absolute Gasteiger partial charge is 0.469 e. The molecule has 1 aliphatic heterocycles. The lowest BCUT2D eigenvalue weighted by atomic mass is 10.0. The number of nitrogens with two attached hydrogens (primary N) is 1. The SMILES string of the molecule is CC(=O)N[C@H](C(=O)N1CCC[C@H]1C(=O)N[C@H](C(=O)N[C@@H](Cc1ccccc1)C(N)=O)[C@@H](C)O)[C@@H](C)OP(=O)(O)O. The second kappa shape index (κ2) is 14.3.